The van der Waals surface area contributed by atoms with E-state index >= 15 is 0 Å². The predicted molar refractivity (Wildman–Crippen MR) is 94.3 cm³/mol. The molecule has 0 bridgehead atoms. The van der Waals surface area contributed by atoms with Gasteiger partial charge in [0.15, 0.2) is 12.4 Å². The molecular formula is C18H16N2O8. The molecule has 146 valence electrons. The molecule has 0 N–H and O–H groups in total. The molecule has 3 rings (SSSR count). The Balaban J connectivity index is 1.87. The van der Waals surface area contributed by atoms with Gasteiger partial charge in [-0.1, -0.05) is 0 Å². The third-order valence-electron chi connectivity index (χ3n) is 4.14. The van der Waals surface area contributed by atoms with Crippen LogP contribution in [0.2, 0.25) is 0 Å². The maximum atomic E-state index is 12.3. The molecule has 2 aromatic rings. The second-order valence-corrected chi connectivity index (χ2v) is 5.89. The number of nitrogens with zero attached hydrogens (tertiary/aromatic N) is 2. The third-order valence-corrected chi connectivity index (χ3v) is 4.14. The number of carbonyl (C=O) groups is 1. The maximum Gasteiger partial charge on any atom is 0.338 e. The number of benzene rings is 2. The van der Waals surface area contributed by atoms with Crippen molar-refractivity contribution in [2.24, 2.45) is 0 Å². The molecular weight excluding hydrogens is 372 g/mol. The molecule has 10 heteroatoms. The van der Waals surface area contributed by atoms with Crippen molar-refractivity contribution >= 4 is 17.3 Å². The molecule has 0 amide bonds. The fourth-order valence-corrected chi connectivity index (χ4v) is 2.79. The first-order valence-corrected chi connectivity index (χ1v) is 8.37. The van der Waals surface area contributed by atoms with Crippen molar-refractivity contribution in [1.82, 2.24) is 0 Å². The Bertz CT molecular complexity index is 881. The zero-order valence-electron chi connectivity index (χ0n) is 14.7. The van der Waals surface area contributed by atoms with Crippen molar-refractivity contribution in [2.75, 3.05) is 6.61 Å². The number of hydrogen-bond acceptors (Lipinski definition) is 8. The standard InChI is InChI=1S/C18H16N2O8/c1-2-26-17(21)16-15(11-3-7-13(8-4-11)19(22)23)27-18(28-16)12-5-9-14(10-6-12)20(24)25/h3-10,15-16,18H,2H2,1H3/t15-,16+,18-/m1/s1. The summed E-state index contributed by atoms with van der Waals surface area (Å²) in [6, 6.07) is 11.1. The molecule has 1 fully saturated rings. The average molecular weight is 388 g/mol. The molecule has 0 spiro atoms. The Morgan fingerprint density at radius 2 is 1.43 bits per heavy atom. The SMILES string of the molecule is CCOC(=O)[C@H]1O[C@H](c2ccc([N+](=O)[O-])cc2)O[C@@H]1c1ccc([N+](=O)[O-])cc1. The van der Waals surface area contributed by atoms with Gasteiger partial charge in [-0.2, -0.15) is 0 Å². The monoisotopic (exact) mass is 388 g/mol. The molecule has 0 radical (unpaired) electrons. The smallest absolute Gasteiger partial charge is 0.338 e. The zero-order valence-corrected chi connectivity index (χ0v) is 14.7. The van der Waals surface area contributed by atoms with Crippen LogP contribution in [0.5, 0.6) is 0 Å². The Labute approximate surface area is 158 Å². The zero-order chi connectivity index (χ0) is 20.3. The van der Waals surface area contributed by atoms with E-state index in [1.54, 1.807) is 6.92 Å². The molecule has 0 aromatic heterocycles. The van der Waals surface area contributed by atoms with Crippen LogP contribution in [0, 0.1) is 20.2 Å². The summed E-state index contributed by atoms with van der Waals surface area (Å²) in [7, 11) is 0. The molecule has 0 aliphatic carbocycles. The largest absolute Gasteiger partial charge is 0.464 e. The Morgan fingerprint density at radius 3 is 1.89 bits per heavy atom. The third kappa shape index (κ3) is 3.97. The first-order valence-electron chi connectivity index (χ1n) is 8.37. The second-order valence-electron chi connectivity index (χ2n) is 5.89. The summed E-state index contributed by atoms with van der Waals surface area (Å²) in [5, 5.41) is 21.6. The lowest BCUT2D eigenvalue weighted by molar-refractivity contribution is -0.385. The van der Waals surface area contributed by atoms with Crippen molar-refractivity contribution in [3.63, 3.8) is 0 Å². The van der Waals surface area contributed by atoms with Crippen LogP contribution in [0.4, 0.5) is 11.4 Å². The molecule has 1 aliphatic rings. The predicted octanol–water partition coefficient (Wildman–Crippen LogP) is 3.22. The van der Waals surface area contributed by atoms with E-state index in [1.807, 2.05) is 0 Å². The molecule has 0 saturated carbocycles. The van der Waals surface area contributed by atoms with Crippen molar-refractivity contribution in [3.05, 3.63) is 79.9 Å². The summed E-state index contributed by atoms with van der Waals surface area (Å²) in [6.07, 6.45) is -2.88. The van der Waals surface area contributed by atoms with E-state index in [1.165, 1.54) is 48.5 Å². The van der Waals surface area contributed by atoms with Gasteiger partial charge in [-0.3, -0.25) is 20.2 Å². The summed E-state index contributed by atoms with van der Waals surface area (Å²) < 4.78 is 16.6. The highest BCUT2D eigenvalue weighted by atomic mass is 16.7. The summed E-state index contributed by atoms with van der Waals surface area (Å²) in [5.41, 5.74) is 0.815. The molecule has 1 saturated heterocycles. The highest BCUT2D eigenvalue weighted by molar-refractivity contribution is 5.76. The van der Waals surface area contributed by atoms with E-state index in [-0.39, 0.29) is 18.0 Å². The number of esters is 1. The van der Waals surface area contributed by atoms with E-state index in [2.05, 4.69) is 0 Å². The van der Waals surface area contributed by atoms with Crippen LogP contribution in [0.1, 0.15) is 30.4 Å². The quantitative estimate of drug-likeness (QED) is 0.419. The lowest BCUT2D eigenvalue weighted by Gasteiger charge is -2.15. The molecule has 2 aromatic carbocycles. The van der Waals surface area contributed by atoms with E-state index < -0.39 is 34.3 Å². The molecule has 0 unspecified atom stereocenters. The number of non-ortho nitro benzene ring substituents is 2. The molecule has 1 heterocycles. The van der Waals surface area contributed by atoms with Crippen molar-refractivity contribution < 1.29 is 28.9 Å². The van der Waals surface area contributed by atoms with E-state index in [0.717, 1.165) is 0 Å². The summed E-state index contributed by atoms with van der Waals surface area (Å²) in [4.78, 5) is 32.9. The van der Waals surface area contributed by atoms with Gasteiger partial charge in [0.1, 0.15) is 6.10 Å². The summed E-state index contributed by atoms with van der Waals surface area (Å²) in [5.74, 6) is -0.629. The van der Waals surface area contributed by atoms with E-state index in [4.69, 9.17) is 14.2 Å². The first-order chi connectivity index (χ1) is 13.4. The molecule has 1 aliphatic heterocycles. The van der Waals surface area contributed by atoms with Crippen molar-refractivity contribution in [2.45, 2.75) is 25.4 Å². The normalized spacial score (nSPS) is 21.2. The maximum absolute atomic E-state index is 12.3. The van der Waals surface area contributed by atoms with Gasteiger partial charge in [-0.05, 0) is 36.8 Å². The number of carbonyl (C=O) groups excluding carboxylic acids is 1. The van der Waals surface area contributed by atoms with Gasteiger partial charge in [0.2, 0.25) is 0 Å². The van der Waals surface area contributed by atoms with Crippen LogP contribution in [-0.2, 0) is 19.0 Å². The highest BCUT2D eigenvalue weighted by Gasteiger charge is 2.43. The van der Waals surface area contributed by atoms with Gasteiger partial charge < -0.3 is 14.2 Å². The second kappa shape index (κ2) is 8.11. The minimum Gasteiger partial charge on any atom is -0.464 e. The van der Waals surface area contributed by atoms with Gasteiger partial charge in [-0.25, -0.2) is 4.79 Å². The van der Waals surface area contributed by atoms with E-state index in [0.29, 0.717) is 11.1 Å². The lowest BCUT2D eigenvalue weighted by Crippen LogP contribution is -2.28. The Kier molecular flexibility index (Phi) is 5.62. The van der Waals surface area contributed by atoms with Gasteiger partial charge in [-0.15, -0.1) is 0 Å². The van der Waals surface area contributed by atoms with Gasteiger partial charge in [0, 0.05) is 29.8 Å². The van der Waals surface area contributed by atoms with E-state index in [9.17, 15) is 25.0 Å². The van der Waals surface area contributed by atoms with Crippen LogP contribution in [-0.4, -0.2) is 28.5 Å². The number of hydrogen-bond donors (Lipinski definition) is 0. The average Bonchev–Trinajstić information content (AvgIpc) is 3.14. The molecule has 28 heavy (non-hydrogen) atoms. The lowest BCUT2D eigenvalue weighted by atomic mass is 10.0. The first kappa shape index (κ1) is 19.4. The topological polar surface area (TPSA) is 131 Å². The summed E-state index contributed by atoms with van der Waals surface area (Å²) in [6.45, 7) is 1.80. The van der Waals surface area contributed by atoms with Gasteiger partial charge in [0.05, 0.1) is 16.5 Å². The van der Waals surface area contributed by atoms with Crippen LogP contribution in [0.15, 0.2) is 48.5 Å². The van der Waals surface area contributed by atoms with Crippen LogP contribution in [0.3, 0.4) is 0 Å². The van der Waals surface area contributed by atoms with Crippen LogP contribution < -0.4 is 0 Å². The minimum absolute atomic E-state index is 0.0874. The van der Waals surface area contributed by atoms with Crippen LogP contribution >= 0.6 is 0 Å². The Morgan fingerprint density at radius 1 is 0.929 bits per heavy atom. The number of nitro groups is 2. The number of rotatable bonds is 6. The molecule has 10 nitrogen and oxygen atoms in total. The fraction of sp³-hybridized carbons (Fsp3) is 0.278. The fourth-order valence-electron chi connectivity index (χ4n) is 2.79. The summed E-state index contributed by atoms with van der Waals surface area (Å²) >= 11 is 0. The van der Waals surface area contributed by atoms with Crippen molar-refractivity contribution in [3.8, 4) is 0 Å². The minimum atomic E-state index is -1.08. The number of nitro benzene ring substituents is 2. The highest BCUT2D eigenvalue weighted by Crippen LogP contribution is 2.41. The van der Waals surface area contributed by atoms with Gasteiger partial charge in [0.25, 0.3) is 11.4 Å². The van der Waals surface area contributed by atoms with Gasteiger partial charge >= 0.3 is 5.97 Å². The molecule has 3 atom stereocenters. The number of ether oxygens (including phenoxy) is 3. The van der Waals surface area contributed by atoms with Crippen molar-refractivity contribution in [1.29, 1.82) is 0 Å². The Hall–Kier alpha value is -3.37. The van der Waals surface area contributed by atoms with Crippen LogP contribution in [0.25, 0.3) is 0 Å².